The number of nitrogens with zero attached hydrogens (tertiary/aromatic N) is 2. The van der Waals surface area contributed by atoms with E-state index < -0.39 is 17.7 Å². The van der Waals surface area contributed by atoms with Gasteiger partial charge < -0.3 is 14.2 Å². The van der Waals surface area contributed by atoms with Crippen molar-refractivity contribution in [3.05, 3.63) is 29.8 Å². The molecule has 0 unspecified atom stereocenters. The lowest BCUT2D eigenvalue weighted by Crippen LogP contribution is -2.50. The summed E-state index contributed by atoms with van der Waals surface area (Å²) in [7, 11) is 5.98. The zero-order valence-electron chi connectivity index (χ0n) is 17.1. The fourth-order valence-electron chi connectivity index (χ4n) is 2.22. The maximum atomic E-state index is 12.7. The van der Waals surface area contributed by atoms with Crippen LogP contribution in [0.1, 0.15) is 26.3 Å². The monoisotopic (exact) mass is 382 g/mol. The van der Waals surface area contributed by atoms with E-state index in [9.17, 15) is 9.59 Å². The van der Waals surface area contributed by atoms with Crippen LogP contribution in [-0.4, -0.2) is 68.7 Å². The summed E-state index contributed by atoms with van der Waals surface area (Å²) in [6.07, 6.45) is -0.280. The molecule has 1 atom stereocenters. The van der Waals surface area contributed by atoms with Crippen molar-refractivity contribution >= 4 is 12.0 Å². The minimum atomic E-state index is -0.782. The van der Waals surface area contributed by atoms with E-state index in [1.807, 2.05) is 12.1 Å². The Labute approximate surface area is 160 Å². The summed E-state index contributed by atoms with van der Waals surface area (Å²) >= 11 is 0. The third kappa shape index (κ3) is 7.44. The molecule has 0 aliphatic rings. The highest BCUT2D eigenvalue weighted by Crippen LogP contribution is 2.18. The first-order valence-electron chi connectivity index (χ1n) is 8.57. The number of benzene rings is 1. The molecule has 1 rings (SSSR count). The number of ether oxygens (including phenoxy) is 3. The molecule has 0 saturated carbocycles. The molecule has 1 aromatic carbocycles. The van der Waals surface area contributed by atoms with E-state index in [2.05, 4.69) is 0 Å². The van der Waals surface area contributed by atoms with Crippen LogP contribution in [0.2, 0.25) is 0 Å². The van der Waals surface area contributed by atoms with Crippen LogP contribution in [0.4, 0.5) is 4.79 Å². The van der Waals surface area contributed by atoms with Gasteiger partial charge in [-0.15, -0.1) is 0 Å². The van der Waals surface area contributed by atoms with E-state index in [0.29, 0.717) is 12.2 Å². The van der Waals surface area contributed by atoms with Gasteiger partial charge in [0.05, 0.1) is 7.11 Å². The van der Waals surface area contributed by atoms with Gasteiger partial charge >= 0.3 is 6.09 Å². The van der Waals surface area contributed by atoms with Gasteiger partial charge in [0.2, 0.25) is 0 Å². The quantitative estimate of drug-likeness (QED) is 0.508. The van der Waals surface area contributed by atoms with Crippen molar-refractivity contribution in [2.75, 3.05) is 35.1 Å². The van der Waals surface area contributed by atoms with Crippen LogP contribution < -0.4 is 4.74 Å². The molecule has 152 valence electrons. The normalized spacial score (nSPS) is 12.3. The van der Waals surface area contributed by atoms with Crippen LogP contribution in [0, 0.1) is 0 Å². The molecule has 0 spiro atoms. The first-order valence-corrected chi connectivity index (χ1v) is 8.57. The minimum Gasteiger partial charge on any atom is -0.468 e. The smallest absolute Gasteiger partial charge is 0.410 e. The predicted octanol–water partition coefficient (Wildman–Crippen LogP) is 2.47. The topological polar surface area (TPSA) is 77.5 Å². The van der Waals surface area contributed by atoms with E-state index in [-0.39, 0.29) is 12.7 Å². The summed E-state index contributed by atoms with van der Waals surface area (Å²) in [6.45, 7) is 5.47. The SMILES string of the molecule is COCOc1ccc(C[C@@H](C(=O)N(C)OC)N(C)C(=O)OC(C)(C)C)cc1. The summed E-state index contributed by atoms with van der Waals surface area (Å²) in [5.41, 5.74) is 0.199. The van der Waals surface area contributed by atoms with Gasteiger partial charge in [-0.05, 0) is 38.5 Å². The Bertz CT molecular complexity index is 612. The van der Waals surface area contributed by atoms with Gasteiger partial charge in [0.15, 0.2) is 6.79 Å². The molecule has 0 aliphatic carbocycles. The molecule has 8 nitrogen and oxygen atoms in total. The lowest BCUT2D eigenvalue weighted by molar-refractivity contribution is -0.173. The number of methoxy groups -OCH3 is 1. The van der Waals surface area contributed by atoms with Gasteiger partial charge in [-0.3, -0.25) is 14.5 Å². The van der Waals surface area contributed by atoms with Crippen molar-refractivity contribution in [1.82, 2.24) is 9.96 Å². The highest BCUT2D eigenvalue weighted by atomic mass is 16.7. The van der Waals surface area contributed by atoms with Gasteiger partial charge in [-0.2, -0.15) is 0 Å². The van der Waals surface area contributed by atoms with E-state index >= 15 is 0 Å². The number of rotatable bonds is 8. The van der Waals surface area contributed by atoms with Crippen molar-refractivity contribution < 1.29 is 28.6 Å². The summed E-state index contributed by atoms with van der Waals surface area (Å²) in [4.78, 5) is 31.4. The Morgan fingerprint density at radius 2 is 1.67 bits per heavy atom. The molecule has 2 amide bonds. The van der Waals surface area contributed by atoms with E-state index in [0.717, 1.165) is 10.6 Å². The van der Waals surface area contributed by atoms with Gasteiger partial charge in [0, 0.05) is 27.6 Å². The number of amides is 2. The zero-order valence-corrected chi connectivity index (χ0v) is 17.1. The van der Waals surface area contributed by atoms with E-state index in [1.165, 1.54) is 26.1 Å². The second kappa shape index (κ2) is 10.1. The lowest BCUT2D eigenvalue weighted by atomic mass is 10.0. The van der Waals surface area contributed by atoms with Crippen molar-refractivity contribution in [2.24, 2.45) is 0 Å². The average molecular weight is 382 g/mol. The van der Waals surface area contributed by atoms with Crippen LogP contribution >= 0.6 is 0 Å². The Morgan fingerprint density at radius 1 is 1.07 bits per heavy atom. The van der Waals surface area contributed by atoms with Gasteiger partial charge in [-0.25, -0.2) is 9.86 Å². The van der Waals surface area contributed by atoms with Gasteiger partial charge in [0.1, 0.15) is 17.4 Å². The van der Waals surface area contributed by atoms with Gasteiger partial charge in [-0.1, -0.05) is 12.1 Å². The van der Waals surface area contributed by atoms with Crippen LogP contribution in [0.5, 0.6) is 5.75 Å². The minimum absolute atomic E-state index is 0.153. The molecular formula is C19H30N2O6. The number of hydrogen-bond acceptors (Lipinski definition) is 6. The molecule has 0 fully saturated rings. The Kier molecular flexibility index (Phi) is 8.52. The molecule has 0 radical (unpaired) electrons. The van der Waals surface area contributed by atoms with Crippen LogP contribution in [0.3, 0.4) is 0 Å². The van der Waals surface area contributed by atoms with Crippen molar-refractivity contribution in [3.8, 4) is 5.75 Å². The number of hydroxylamine groups is 2. The molecule has 0 N–H and O–H groups in total. The maximum Gasteiger partial charge on any atom is 0.410 e. The Morgan fingerprint density at radius 3 is 2.15 bits per heavy atom. The highest BCUT2D eigenvalue weighted by molar-refractivity contribution is 5.85. The fraction of sp³-hybridized carbons (Fsp3) is 0.579. The van der Waals surface area contributed by atoms with E-state index in [1.54, 1.807) is 40.0 Å². The fourth-order valence-corrected chi connectivity index (χ4v) is 2.22. The predicted molar refractivity (Wildman–Crippen MR) is 100 cm³/mol. The summed E-state index contributed by atoms with van der Waals surface area (Å²) in [5.74, 6) is 0.295. The highest BCUT2D eigenvalue weighted by Gasteiger charge is 2.32. The number of carbonyl (C=O) groups excluding carboxylic acids is 2. The molecule has 0 aliphatic heterocycles. The van der Waals surface area contributed by atoms with Crippen LogP contribution in [-0.2, 0) is 25.5 Å². The van der Waals surface area contributed by atoms with Crippen LogP contribution in [0.15, 0.2) is 24.3 Å². The number of hydrogen-bond donors (Lipinski definition) is 0. The second-order valence-electron chi connectivity index (χ2n) is 7.02. The summed E-state index contributed by atoms with van der Waals surface area (Å²) in [6, 6.07) is 6.45. The van der Waals surface area contributed by atoms with Gasteiger partial charge in [0.25, 0.3) is 5.91 Å². The zero-order chi connectivity index (χ0) is 20.6. The standard InChI is InChI=1S/C19H30N2O6/c1-19(2,3)27-18(23)20(4)16(17(22)21(5)25-7)12-14-8-10-15(11-9-14)26-13-24-6/h8-11,16H,12-13H2,1-7H3/t16-/m0/s1. The molecular weight excluding hydrogens is 352 g/mol. The van der Waals surface area contributed by atoms with Crippen molar-refractivity contribution in [2.45, 2.75) is 38.8 Å². The molecule has 1 aromatic rings. The molecule has 0 heterocycles. The maximum absolute atomic E-state index is 12.7. The van der Waals surface area contributed by atoms with Crippen molar-refractivity contribution in [3.63, 3.8) is 0 Å². The molecule has 0 bridgehead atoms. The van der Waals surface area contributed by atoms with Crippen LogP contribution in [0.25, 0.3) is 0 Å². The second-order valence-corrected chi connectivity index (χ2v) is 7.02. The third-order valence-corrected chi connectivity index (χ3v) is 3.71. The first-order chi connectivity index (χ1) is 12.6. The largest absolute Gasteiger partial charge is 0.468 e. The van der Waals surface area contributed by atoms with Crippen molar-refractivity contribution in [1.29, 1.82) is 0 Å². The third-order valence-electron chi connectivity index (χ3n) is 3.71. The number of carbonyl (C=O) groups is 2. The Balaban J connectivity index is 2.98. The average Bonchev–Trinajstić information content (AvgIpc) is 2.62. The number of likely N-dealkylation sites (N-methyl/N-ethyl adjacent to an activating group) is 2. The molecule has 27 heavy (non-hydrogen) atoms. The first kappa shape index (κ1) is 22.7. The molecule has 0 aromatic heterocycles. The molecule has 0 saturated heterocycles. The summed E-state index contributed by atoms with van der Waals surface area (Å²) in [5, 5.41) is 1.10. The molecule has 8 heteroatoms. The van der Waals surface area contributed by atoms with E-state index in [4.69, 9.17) is 19.0 Å². The lowest BCUT2D eigenvalue weighted by Gasteiger charge is -2.31. The Hall–Kier alpha value is -2.32. The summed E-state index contributed by atoms with van der Waals surface area (Å²) < 4.78 is 15.6.